The van der Waals surface area contributed by atoms with Gasteiger partial charge in [0.2, 0.25) is 0 Å². The summed E-state index contributed by atoms with van der Waals surface area (Å²) in [4.78, 5) is 12.8. The zero-order chi connectivity index (χ0) is 9.26. The van der Waals surface area contributed by atoms with E-state index < -0.39 is 5.97 Å². The lowest BCUT2D eigenvalue weighted by Crippen LogP contribution is -2.30. The first kappa shape index (κ1) is 9.00. The van der Waals surface area contributed by atoms with Crippen molar-refractivity contribution in [2.45, 2.75) is 38.1 Å². The van der Waals surface area contributed by atoms with Crippen molar-refractivity contribution >= 4 is 5.97 Å². The highest BCUT2D eigenvalue weighted by atomic mass is 16.4. The number of carbonyl (C=O) groups is 1. The summed E-state index contributed by atoms with van der Waals surface area (Å²) >= 11 is 0. The van der Waals surface area contributed by atoms with Gasteiger partial charge >= 0.3 is 5.97 Å². The summed E-state index contributed by atoms with van der Waals surface area (Å²) in [6.45, 7) is 1.91. The summed E-state index contributed by atoms with van der Waals surface area (Å²) in [5, 5.41) is 8.59. The van der Waals surface area contributed by atoms with Crippen LogP contribution in [0.15, 0.2) is 0 Å². The van der Waals surface area contributed by atoms with Crippen LogP contribution in [0.5, 0.6) is 0 Å². The van der Waals surface area contributed by atoms with Gasteiger partial charge in [-0.25, -0.2) is 0 Å². The SMILES string of the molecule is O=C(O)CCN1CC2CCCC1C2. The highest BCUT2D eigenvalue weighted by molar-refractivity contribution is 5.66. The molecule has 0 aromatic carbocycles. The smallest absolute Gasteiger partial charge is 0.304 e. The molecule has 1 N–H and O–H groups in total. The van der Waals surface area contributed by atoms with Gasteiger partial charge in [-0.2, -0.15) is 0 Å². The van der Waals surface area contributed by atoms with Crippen molar-refractivity contribution in [3.63, 3.8) is 0 Å². The zero-order valence-electron chi connectivity index (χ0n) is 7.91. The van der Waals surface area contributed by atoms with Crippen molar-refractivity contribution in [3.05, 3.63) is 0 Å². The van der Waals surface area contributed by atoms with Gasteiger partial charge in [-0.15, -0.1) is 0 Å². The summed E-state index contributed by atoms with van der Waals surface area (Å²) in [7, 11) is 0. The van der Waals surface area contributed by atoms with Gasteiger partial charge < -0.3 is 5.11 Å². The second-order valence-electron chi connectivity index (χ2n) is 4.33. The first-order valence-corrected chi connectivity index (χ1v) is 5.21. The van der Waals surface area contributed by atoms with Crippen LogP contribution in [0.25, 0.3) is 0 Å². The van der Waals surface area contributed by atoms with Crippen LogP contribution in [0.4, 0.5) is 0 Å². The summed E-state index contributed by atoms with van der Waals surface area (Å²) in [6, 6.07) is 0.707. The third kappa shape index (κ3) is 2.02. The molecule has 1 aliphatic carbocycles. The van der Waals surface area contributed by atoms with Crippen molar-refractivity contribution in [1.82, 2.24) is 4.90 Å². The molecule has 2 unspecified atom stereocenters. The molecule has 1 saturated heterocycles. The van der Waals surface area contributed by atoms with E-state index in [0.29, 0.717) is 12.5 Å². The lowest BCUT2D eigenvalue weighted by Gasteiger charge is -2.23. The van der Waals surface area contributed by atoms with Crippen LogP contribution in [-0.4, -0.2) is 35.1 Å². The van der Waals surface area contributed by atoms with Crippen LogP contribution in [0.2, 0.25) is 0 Å². The molecule has 74 valence electrons. The van der Waals surface area contributed by atoms with E-state index in [-0.39, 0.29) is 0 Å². The molecule has 0 aromatic heterocycles. The molecule has 1 heterocycles. The van der Waals surface area contributed by atoms with E-state index in [1.54, 1.807) is 0 Å². The van der Waals surface area contributed by atoms with Gasteiger partial charge in [0.15, 0.2) is 0 Å². The standard InChI is InChI=1S/C10H17NO2/c12-10(13)4-5-11-7-8-2-1-3-9(11)6-8/h8-9H,1-7H2,(H,12,13). The van der Waals surface area contributed by atoms with Crippen LogP contribution in [0.1, 0.15) is 32.1 Å². The fourth-order valence-corrected chi connectivity index (χ4v) is 2.75. The molecule has 0 aromatic rings. The Labute approximate surface area is 78.7 Å². The summed E-state index contributed by atoms with van der Waals surface area (Å²) in [6.07, 6.45) is 5.62. The predicted molar refractivity (Wildman–Crippen MR) is 49.6 cm³/mol. The topological polar surface area (TPSA) is 40.5 Å². The van der Waals surface area contributed by atoms with Crippen molar-refractivity contribution in [1.29, 1.82) is 0 Å². The molecule has 2 bridgehead atoms. The van der Waals surface area contributed by atoms with Gasteiger partial charge in [-0.3, -0.25) is 9.69 Å². The first-order valence-electron chi connectivity index (χ1n) is 5.21. The van der Waals surface area contributed by atoms with Crippen LogP contribution in [-0.2, 0) is 4.79 Å². The Hall–Kier alpha value is -0.570. The fourth-order valence-electron chi connectivity index (χ4n) is 2.75. The predicted octanol–water partition coefficient (Wildman–Crippen LogP) is 1.34. The van der Waals surface area contributed by atoms with E-state index in [0.717, 1.165) is 19.0 Å². The van der Waals surface area contributed by atoms with Gasteiger partial charge in [0.05, 0.1) is 6.42 Å². The molecule has 2 fully saturated rings. The summed E-state index contributed by atoms with van der Waals surface area (Å²) in [5.74, 6) is 0.203. The minimum absolute atomic E-state index is 0.309. The second kappa shape index (κ2) is 3.66. The minimum atomic E-state index is -0.665. The highest BCUT2D eigenvalue weighted by Crippen LogP contribution is 2.35. The molecule has 0 amide bonds. The Kier molecular flexibility index (Phi) is 2.54. The first-order chi connectivity index (χ1) is 6.25. The Morgan fingerprint density at radius 3 is 3.00 bits per heavy atom. The van der Waals surface area contributed by atoms with Gasteiger partial charge in [0.1, 0.15) is 0 Å². The van der Waals surface area contributed by atoms with Crippen LogP contribution >= 0.6 is 0 Å². The number of carboxylic acids is 1. The number of likely N-dealkylation sites (tertiary alicyclic amines) is 1. The van der Waals surface area contributed by atoms with Gasteiger partial charge in [0.25, 0.3) is 0 Å². The van der Waals surface area contributed by atoms with Gasteiger partial charge in [0, 0.05) is 19.1 Å². The molecule has 2 atom stereocenters. The third-order valence-electron chi connectivity index (χ3n) is 3.38. The van der Waals surface area contributed by atoms with Crippen molar-refractivity contribution in [3.8, 4) is 0 Å². The number of hydrogen-bond acceptors (Lipinski definition) is 2. The number of fused-ring (bicyclic) bond motifs is 2. The van der Waals surface area contributed by atoms with E-state index in [2.05, 4.69) is 4.90 Å². The Balaban J connectivity index is 1.83. The number of rotatable bonds is 3. The zero-order valence-corrected chi connectivity index (χ0v) is 7.91. The molecule has 13 heavy (non-hydrogen) atoms. The monoisotopic (exact) mass is 183 g/mol. The normalized spacial score (nSPS) is 33.5. The second-order valence-corrected chi connectivity index (χ2v) is 4.33. The van der Waals surface area contributed by atoms with Crippen LogP contribution in [0.3, 0.4) is 0 Å². The number of carboxylic acid groups (broad SMARTS) is 1. The largest absolute Gasteiger partial charge is 0.481 e. The molecule has 1 aliphatic heterocycles. The van der Waals surface area contributed by atoms with Crippen molar-refractivity contribution in [2.75, 3.05) is 13.1 Å². The van der Waals surface area contributed by atoms with Crippen LogP contribution < -0.4 is 0 Å². The quantitative estimate of drug-likeness (QED) is 0.717. The molecule has 0 spiro atoms. The van der Waals surface area contributed by atoms with E-state index in [9.17, 15) is 4.79 Å². The Bertz CT molecular complexity index is 205. The maximum absolute atomic E-state index is 10.4. The van der Waals surface area contributed by atoms with Crippen molar-refractivity contribution in [2.24, 2.45) is 5.92 Å². The van der Waals surface area contributed by atoms with Crippen LogP contribution in [0, 0.1) is 5.92 Å². The summed E-state index contributed by atoms with van der Waals surface area (Å²) in [5.41, 5.74) is 0. The molecule has 1 saturated carbocycles. The molecule has 3 heteroatoms. The Morgan fingerprint density at radius 2 is 2.31 bits per heavy atom. The van der Waals surface area contributed by atoms with E-state index in [4.69, 9.17) is 5.11 Å². The van der Waals surface area contributed by atoms with E-state index in [1.165, 1.54) is 25.7 Å². The fraction of sp³-hybridized carbons (Fsp3) is 0.900. The number of aliphatic carboxylic acids is 1. The van der Waals surface area contributed by atoms with Gasteiger partial charge in [-0.1, -0.05) is 6.42 Å². The number of nitrogens with zero attached hydrogens (tertiary/aromatic N) is 1. The lowest BCUT2D eigenvalue weighted by atomic mass is 9.90. The molecular weight excluding hydrogens is 166 g/mol. The van der Waals surface area contributed by atoms with Gasteiger partial charge in [-0.05, 0) is 25.2 Å². The molecule has 3 nitrogen and oxygen atoms in total. The average molecular weight is 183 g/mol. The van der Waals surface area contributed by atoms with E-state index in [1.807, 2.05) is 0 Å². The van der Waals surface area contributed by atoms with Crippen molar-refractivity contribution < 1.29 is 9.90 Å². The third-order valence-corrected chi connectivity index (χ3v) is 3.38. The summed E-state index contributed by atoms with van der Waals surface area (Å²) < 4.78 is 0. The van der Waals surface area contributed by atoms with E-state index >= 15 is 0 Å². The minimum Gasteiger partial charge on any atom is -0.481 e. The average Bonchev–Trinajstić information content (AvgIpc) is 2.38. The Morgan fingerprint density at radius 1 is 1.46 bits per heavy atom. The highest BCUT2D eigenvalue weighted by Gasteiger charge is 2.34. The number of hydrogen-bond donors (Lipinski definition) is 1. The molecule has 2 aliphatic rings. The molecular formula is C10H17NO2. The maximum Gasteiger partial charge on any atom is 0.304 e. The molecule has 0 radical (unpaired) electrons. The molecule has 2 rings (SSSR count). The maximum atomic E-state index is 10.4. The lowest BCUT2D eigenvalue weighted by molar-refractivity contribution is -0.137.